The molecule has 0 spiro atoms. The van der Waals surface area contributed by atoms with E-state index in [1.807, 2.05) is 0 Å². The minimum Gasteiger partial charge on any atom is -0.392 e. The van der Waals surface area contributed by atoms with E-state index in [0.29, 0.717) is 0 Å². The van der Waals surface area contributed by atoms with Crippen LogP contribution in [-0.4, -0.2) is 5.11 Å². The lowest BCUT2D eigenvalue weighted by Crippen LogP contribution is -1.90. The van der Waals surface area contributed by atoms with Gasteiger partial charge >= 0.3 is 0 Å². The second-order valence-corrected chi connectivity index (χ2v) is 2.85. The van der Waals surface area contributed by atoms with E-state index in [4.69, 9.17) is 28.3 Å². The molecule has 0 unspecified atom stereocenters. The Morgan fingerprint density at radius 3 is 2.45 bits per heavy atom. The summed E-state index contributed by atoms with van der Waals surface area (Å²) in [5, 5.41) is 9.00. The SMILES string of the molecule is OCc1c(F)cc(Cl)cc1Cl. The van der Waals surface area contributed by atoms with E-state index in [1.54, 1.807) is 0 Å². The van der Waals surface area contributed by atoms with Gasteiger partial charge in [0.25, 0.3) is 0 Å². The number of aliphatic hydroxyl groups excluding tert-OH is 1. The molecule has 0 amide bonds. The first-order chi connectivity index (χ1) is 5.15. The standard InChI is InChI=1S/C7H5Cl2FO/c8-4-1-6(9)5(3-11)7(10)2-4/h1-2,11H,3H2. The van der Waals surface area contributed by atoms with E-state index in [2.05, 4.69) is 0 Å². The molecule has 0 radical (unpaired) electrons. The number of hydrogen-bond acceptors (Lipinski definition) is 1. The van der Waals surface area contributed by atoms with Gasteiger partial charge in [0.2, 0.25) is 0 Å². The van der Waals surface area contributed by atoms with Crippen LogP contribution in [0.1, 0.15) is 5.56 Å². The van der Waals surface area contributed by atoms with Gasteiger partial charge in [-0.05, 0) is 12.1 Å². The van der Waals surface area contributed by atoms with Crippen molar-refractivity contribution < 1.29 is 9.50 Å². The third kappa shape index (κ3) is 1.83. The lowest BCUT2D eigenvalue weighted by atomic mass is 10.2. The maximum Gasteiger partial charge on any atom is 0.131 e. The largest absolute Gasteiger partial charge is 0.392 e. The van der Waals surface area contributed by atoms with Crippen LogP contribution in [0, 0.1) is 5.82 Å². The Morgan fingerprint density at radius 1 is 1.36 bits per heavy atom. The molecule has 0 heterocycles. The molecule has 0 fully saturated rings. The zero-order valence-electron chi connectivity index (χ0n) is 5.44. The summed E-state index contributed by atoms with van der Waals surface area (Å²) in [5.41, 5.74) is 0.0797. The van der Waals surface area contributed by atoms with Crippen molar-refractivity contribution in [3.63, 3.8) is 0 Å². The molecule has 0 saturated carbocycles. The van der Waals surface area contributed by atoms with Gasteiger partial charge in [-0.25, -0.2) is 4.39 Å². The average Bonchev–Trinajstić information content (AvgIpc) is 1.85. The predicted octanol–water partition coefficient (Wildman–Crippen LogP) is 2.62. The maximum absolute atomic E-state index is 12.8. The van der Waals surface area contributed by atoms with Crippen molar-refractivity contribution in [2.24, 2.45) is 0 Å². The molecule has 1 rings (SSSR count). The highest BCUT2D eigenvalue weighted by Gasteiger charge is 2.06. The molecule has 60 valence electrons. The molecule has 0 bridgehead atoms. The molecule has 0 atom stereocenters. The van der Waals surface area contributed by atoms with Crippen molar-refractivity contribution in [2.75, 3.05) is 0 Å². The van der Waals surface area contributed by atoms with E-state index in [0.717, 1.165) is 6.07 Å². The molecule has 4 heteroatoms. The molecular weight excluding hydrogens is 190 g/mol. The van der Waals surface area contributed by atoms with Crippen LogP contribution in [0.25, 0.3) is 0 Å². The lowest BCUT2D eigenvalue weighted by molar-refractivity contribution is 0.276. The number of halogens is 3. The second-order valence-electron chi connectivity index (χ2n) is 2.01. The first kappa shape index (κ1) is 8.78. The van der Waals surface area contributed by atoms with Gasteiger partial charge in [-0.3, -0.25) is 0 Å². The van der Waals surface area contributed by atoms with Crippen molar-refractivity contribution >= 4 is 23.2 Å². The molecular formula is C7H5Cl2FO. The Morgan fingerprint density at radius 2 is 2.00 bits per heavy atom. The number of hydrogen-bond donors (Lipinski definition) is 1. The Hall–Kier alpha value is -0.310. The lowest BCUT2D eigenvalue weighted by Gasteiger charge is -2.01. The van der Waals surface area contributed by atoms with E-state index in [1.165, 1.54) is 6.07 Å². The number of aliphatic hydroxyl groups is 1. The van der Waals surface area contributed by atoms with Gasteiger partial charge in [-0.15, -0.1) is 0 Å². The fraction of sp³-hybridized carbons (Fsp3) is 0.143. The maximum atomic E-state index is 12.8. The van der Waals surface area contributed by atoms with Gasteiger partial charge < -0.3 is 5.11 Å². The highest BCUT2D eigenvalue weighted by atomic mass is 35.5. The number of benzene rings is 1. The average molecular weight is 195 g/mol. The molecule has 0 aliphatic carbocycles. The highest BCUT2D eigenvalue weighted by molar-refractivity contribution is 6.35. The van der Waals surface area contributed by atoms with E-state index >= 15 is 0 Å². The summed E-state index contributed by atoms with van der Waals surface area (Å²) < 4.78 is 12.8. The van der Waals surface area contributed by atoms with Gasteiger partial charge in [0, 0.05) is 10.6 Å². The minimum atomic E-state index is -0.579. The summed E-state index contributed by atoms with van der Waals surface area (Å²) in [7, 11) is 0. The zero-order chi connectivity index (χ0) is 8.43. The van der Waals surface area contributed by atoms with Crippen LogP contribution in [0.2, 0.25) is 10.0 Å². The van der Waals surface area contributed by atoms with Gasteiger partial charge in [-0.1, -0.05) is 23.2 Å². The van der Waals surface area contributed by atoms with Crippen LogP contribution in [0.3, 0.4) is 0 Å². The van der Waals surface area contributed by atoms with Crippen LogP contribution in [0.15, 0.2) is 12.1 Å². The molecule has 1 nitrogen and oxygen atoms in total. The van der Waals surface area contributed by atoms with Crippen LogP contribution < -0.4 is 0 Å². The third-order valence-corrected chi connectivity index (χ3v) is 1.82. The third-order valence-electron chi connectivity index (χ3n) is 1.26. The summed E-state index contributed by atoms with van der Waals surface area (Å²) in [4.78, 5) is 0. The van der Waals surface area contributed by atoms with Gasteiger partial charge in [-0.2, -0.15) is 0 Å². The van der Waals surface area contributed by atoms with E-state index in [-0.39, 0.29) is 15.6 Å². The summed E-state index contributed by atoms with van der Waals surface area (Å²) in [6.07, 6.45) is 0. The van der Waals surface area contributed by atoms with Crippen molar-refractivity contribution in [1.82, 2.24) is 0 Å². The normalized spacial score (nSPS) is 10.2. The molecule has 1 aromatic rings. The summed E-state index contributed by atoms with van der Waals surface area (Å²) in [6.45, 7) is -0.415. The Balaban J connectivity index is 3.25. The zero-order valence-corrected chi connectivity index (χ0v) is 6.95. The van der Waals surface area contributed by atoms with Crippen molar-refractivity contribution in [1.29, 1.82) is 0 Å². The van der Waals surface area contributed by atoms with Crippen molar-refractivity contribution in [3.05, 3.63) is 33.6 Å². The fourth-order valence-electron chi connectivity index (χ4n) is 0.723. The van der Waals surface area contributed by atoms with Crippen molar-refractivity contribution in [2.45, 2.75) is 6.61 Å². The van der Waals surface area contributed by atoms with Gasteiger partial charge in [0.05, 0.1) is 11.6 Å². The topological polar surface area (TPSA) is 20.2 Å². The van der Waals surface area contributed by atoms with Gasteiger partial charge in [0.15, 0.2) is 0 Å². The van der Waals surface area contributed by atoms with Crippen LogP contribution in [-0.2, 0) is 6.61 Å². The summed E-state index contributed by atoms with van der Waals surface area (Å²) in [5.74, 6) is -0.579. The van der Waals surface area contributed by atoms with E-state index < -0.39 is 12.4 Å². The van der Waals surface area contributed by atoms with E-state index in [9.17, 15) is 4.39 Å². The summed E-state index contributed by atoms with van der Waals surface area (Å²) >= 11 is 11.0. The van der Waals surface area contributed by atoms with Gasteiger partial charge in [0.1, 0.15) is 5.82 Å². The molecule has 0 aromatic heterocycles. The summed E-state index contributed by atoms with van der Waals surface area (Å²) in [6, 6.07) is 2.50. The van der Waals surface area contributed by atoms with Crippen LogP contribution in [0.5, 0.6) is 0 Å². The molecule has 1 aromatic carbocycles. The Bertz CT molecular complexity index is 252. The quantitative estimate of drug-likeness (QED) is 0.730. The van der Waals surface area contributed by atoms with Crippen LogP contribution >= 0.6 is 23.2 Å². The molecule has 11 heavy (non-hydrogen) atoms. The number of rotatable bonds is 1. The predicted molar refractivity (Wildman–Crippen MR) is 42.3 cm³/mol. The minimum absolute atomic E-state index is 0.0797. The first-order valence-electron chi connectivity index (χ1n) is 2.89. The highest BCUT2D eigenvalue weighted by Crippen LogP contribution is 2.23. The van der Waals surface area contributed by atoms with Crippen molar-refractivity contribution in [3.8, 4) is 0 Å². The Labute approximate surface area is 73.4 Å². The monoisotopic (exact) mass is 194 g/mol. The smallest absolute Gasteiger partial charge is 0.131 e. The second kappa shape index (κ2) is 3.39. The molecule has 0 saturated heterocycles. The molecule has 0 aliphatic rings. The molecule has 1 N–H and O–H groups in total. The van der Waals surface area contributed by atoms with Crippen LogP contribution in [0.4, 0.5) is 4.39 Å². The molecule has 0 aliphatic heterocycles. The Kier molecular flexibility index (Phi) is 2.71. The fourth-order valence-corrected chi connectivity index (χ4v) is 1.25. The first-order valence-corrected chi connectivity index (χ1v) is 3.65.